The van der Waals surface area contributed by atoms with Crippen molar-refractivity contribution in [2.24, 2.45) is 5.92 Å². The molecule has 3 aliphatic rings. The van der Waals surface area contributed by atoms with Crippen LogP contribution in [-0.4, -0.2) is 35.4 Å². The lowest BCUT2D eigenvalue weighted by Crippen LogP contribution is -2.50. The number of nitrogens with zero attached hydrogens (tertiary/aromatic N) is 2. The molecule has 1 aliphatic carbocycles. The van der Waals surface area contributed by atoms with Gasteiger partial charge in [-0.3, -0.25) is 4.79 Å². The second kappa shape index (κ2) is 9.40. The number of aromatic nitrogens is 1. The summed E-state index contributed by atoms with van der Waals surface area (Å²) in [5.41, 5.74) is 4.64. The van der Waals surface area contributed by atoms with Crippen LogP contribution < -0.4 is 5.32 Å². The molecule has 4 atom stereocenters. The Morgan fingerprint density at radius 3 is 2.51 bits per heavy atom. The highest BCUT2D eigenvalue weighted by molar-refractivity contribution is 6.29. The number of pyridine rings is 1. The molecule has 0 bridgehead atoms. The third kappa shape index (κ3) is 4.07. The van der Waals surface area contributed by atoms with Crippen molar-refractivity contribution in [2.45, 2.75) is 49.5 Å². The van der Waals surface area contributed by atoms with Crippen molar-refractivity contribution in [1.82, 2.24) is 15.2 Å². The zero-order chi connectivity index (χ0) is 23.8. The SMILES string of the molecule is O=C([C@@H]1CNC[C@]12CCCc1ccc(Cl)nc12)N1CC[C@@H](c2ccccc2)C[C@H]1c1ccccc1. The number of benzene rings is 2. The molecule has 2 aliphatic heterocycles. The van der Waals surface area contributed by atoms with Gasteiger partial charge in [-0.15, -0.1) is 0 Å². The van der Waals surface area contributed by atoms with Gasteiger partial charge >= 0.3 is 0 Å². The van der Waals surface area contributed by atoms with E-state index in [1.807, 2.05) is 6.07 Å². The average molecular weight is 486 g/mol. The summed E-state index contributed by atoms with van der Waals surface area (Å²) in [6.07, 6.45) is 5.02. The molecule has 180 valence electrons. The normalized spacial score (nSPS) is 28.1. The number of aryl methyl sites for hydroxylation is 1. The van der Waals surface area contributed by atoms with Crippen molar-refractivity contribution in [3.8, 4) is 0 Å². The molecule has 0 saturated carbocycles. The maximum absolute atomic E-state index is 14.4. The van der Waals surface area contributed by atoms with Gasteiger partial charge in [0.25, 0.3) is 0 Å². The molecule has 0 radical (unpaired) electrons. The minimum atomic E-state index is -0.271. The Labute approximate surface area is 212 Å². The lowest BCUT2D eigenvalue weighted by molar-refractivity contribution is -0.141. The molecule has 1 N–H and O–H groups in total. The van der Waals surface area contributed by atoms with Crippen LogP contribution in [0.1, 0.15) is 60.0 Å². The zero-order valence-electron chi connectivity index (χ0n) is 20.0. The van der Waals surface area contributed by atoms with Gasteiger partial charge in [-0.25, -0.2) is 4.98 Å². The maximum atomic E-state index is 14.4. The summed E-state index contributed by atoms with van der Waals surface area (Å²) in [5, 5.41) is 4.09. The van der Waals surface area contributed by atoms with E-state index in [0.29, 0.717) is 17.6 Å². The van der Waals surface area contributed by atoms with E-state index in [4.69, 9.17) is 16.6 Å². The highest BCUT2D eigenvalue weighted by Crippen LogP contribution is 2.47. The van der Waals surface area contributed by atoms with Crippen LogP contribution in [0.2, 0.25) is 5.15 Å². The standard InChI is InChI=1S/C30H32ClN3O/c31-27-14-13-23-12-7-16-30(28(23)33-27)20-32-19-25(30)29(35)34-17-15-24(21-8-3-1-4-9-21)18-26(34)22-10-5-2-6-11-22/h1-6,8-11,13-14,24-26,32H,7,12,15-20H2/t24-,25+,26+,30-/m1/s1. The first-order valence-electron chi connectivity index (χ1n) is 12.9. The topological polar surface area (TPSA) is 45.2 Å². The molecule has 6 rings (SSSR count). The van der Waals surface area contributed by atoms with Crippen molar-refractivity contribution in [2.75, 3.05) is 19.6 Å². The van der Waals surface area contributed by atoms with Crippen LogP contribution in [0.4, 0.5) is 0 Å². The molecule has 3 aromatic rings. The second-order valence-corrected chi connectivity index (χ2v) is 10.8. The molecular weight excluding hydrogens is 454 g/mol. The average Bonchev–Trinajstić information content (AvgIpc) is 3.33. The zero-order valence-corrected chi connectivity index (χ0v) is 20.8. The Balaban J connectivity index is 1.34. The summed E-state index contributed by atoms with van der Waals surface area (Å²) in [4.78, 5) is 21.4. The molecule has 1 amide bonds. The molecular formula is C30H32ClN3O. The molecule has 2 saturated heterocycles. The Hall–Kier alpha value is -2.69. The van der Waals surface area contributed by atoms with Gasteiger partial charge in [0.2, 0.25) is 5.91 Å². The van der Waals surface area contributed by atoms with Crippen molar-refractivity contribution < 1.29 is 4.79 Å². The number of amides is 1. The van der Waals surface area contributed by atoms with Crippen molar-refractivity contribution in [1.29, 1.82) is 0 Å². The van der Waals surface area contributed by atoms with Crippen LogP contribution >= 0.6 is 11.6 Å². The molecule has 2 aromatic carbocycles. The number of carbonyl (C=O) groups excluding carboxylic acids is 1. The number of piperidine rings is 1. The highest BCUT2D eigenvalue weighted by Gasteiger charge is 2.53. The molecule has 35 heavy (non-hydrogen) atoms. The van der Waals surface area contributed by atoms with E-state index in [-0.39, 0.29) is 23.3 Å². The number of hydrogen-bond acceptors (Lipinski definition) is 3. The third-order valence-electron chi connectivity index (χ3n) is 8.58. The van der Waals surface area contributed by atoms with Crippen LogP contribution in [-0.2, 0) is 16.6 Å². The minimum Gasteiger partial charge on any atom is -0.335 e. The van der Waals surface area contributed by atoms with E-state index < -0.39 is 0 Å². The van der Waals surface area contributed by atoms with Crippen LogP contribution in [0.3, 0.4) is 0 Å². The van der Waals surface area contributed by atoms with Crippen molar-refractivity contribution >= 4 is 17.5 Å². The summed E-state index contributed by atoms with van der Waals surface area (Å²) in [6, 6.07) is 25.5. The Morgan fingerprint density at radius 1 is 1.00 bits per heavy atom. The number of carbonyl (C=O) groups is 1. The van der Waals surface area contributed by atoms with E-state index in [2.05, 4.69) is 76.9 Å². The first kappa shape index (κ1) is 22.8. The fourth-order valence-corrected chi connectivity index (χ4v) is 7.00. The fraction of sp³-hybridized carbons (Fsp3) is 0.400. The highest BCUT2D eigenvalue weighted by atomic mass is 35.5. The van der Waals surface area contributed by atoms with E-state index >= 15 is 0 Å². The van der Waals surface area contributed by atoms with E-state index in [1.54, 1.807) is 0 Å². The Bertz CT molecular complexity index is 1200. The first-order valence-corrected chi connectivity index (χ1v) is 13.3. The largest absolute Gasteiger partial charge is 0.335 e. The van der Waals surface area contributed by atoms with E-state index in [0.717, 1.165) is 50.9 Å². The lowest BCUT2D eigenvalue weighted by atomic mass is 9.66. The van der Waals surface area contributed by atoms with Crippen molar-refractivity contribution in [3.63, 3.8) is 0 Å². The number of fused-ring (bicyclic) bond motifs is 2. The fourth-order valence-electron chi connectivity index (χ4n) is 6.85. The predicted molar refractivity (Wildman–Crippen MR) is 140 cm³/mol. The summed E-state index contributed by atoms with van der Waals surface area (Å²) in [5.74, 6) is 0.606. The third-order valence-corrected chi connectivity index (χ3v) is 8.79. The molecule has 5 heteroatoms. The van der Waals surface area contributed by atoms with Crippen LogP contribution in [0.5, 0.6) is 0 Å². The molecule has 2 fully saturated rings. The van der Waals surface area contributed by atoms with E-state index in [9.17, 15) is 4.79 Å². The number of halogens is 1. The summed E-state index contributed by atoms with van der Waals surface area (Å²) in [6.45, 7) is 2.27. The maximum Gasteiger partial charge on any atom is 0.228 e. The first-order chi connectivity index (χ1) is 17.2. The Kier molecular flexibility index (Phi) is 6.11. The van der Waals surface area contributed by atoms with E-state index in [1.165, 1.54) is 16.7 Å². The van der Waals surface area contributed by atoms with Gasteiger partial charge in [0.15, 0.2) is 0 Å². The number of likely N-dealkylation sites (tertiary alicyclic amines) is 1. The number of nitrogens with one attached hydrogen (secondary N) is 1. The van der Waals surface area contributed by atoms with Crippen LogP contribution in [0.15, 0.2) is 72.8 Å². The quantitative estimate of drug-likeness (QED) is 0.486. The van der Waals surface area contributed by atoms with Gasteiger partial charge in [0.05, 0.1) is 17.7 Å². The number of hydrogen-bond donors (Lipinski definition) is 1. The molecule has 0 unspecified atom stereocenters. The minimum absolute atomic E-state index is 0.0793. The van der Waals surface area contributed by atoms with Gasteiger partial charge in [0.1, 0.15) is 5.15 Å². The lowest BCUT2D eigenvalue weighted by Gasteiger charge is -2.45. The molecule has 3 heterocycles. The van der Waals surface area contributed by atoms with Gasteiger partial charge < -0.3 is 10.2 Å². The number of rotatable bonds is 3. The van der Waals surface area contributed by atoms with Gasteiger partial charge in [-0.2, -0.15) is 0 Å². The summed E-state index contributed by atoms with van der Waals surface area (Å²) in [7, 11) is 0. The van der Waals surface area contributed by atoms with Gasteiger partial charge in [-0.1, -0.05) is 78.3 Å². The summed E-state index contributed by atoms with van der Waals surface area (Å²) >= 11 is 6.36. The molecule has 1 aromatic heterocycles. The second-order valence-electron chi connectivity index (χ2n) is 10.4. The predicted octanol–water partition coefficient (Wildman–Crippen LogP) is 5.68. The molecule has 1 spiro atoms. The van der Waals surface area contributed by atoms with Gasteiger partial charge in [0, 0.05) is 25.0 Å². The smallest absolute Gasteiger partial charge is 0.228 e. The van der Waals surface area contributed by atoms with Gasteiger partial charge in [-0.05, 0) is 60.8 Å². The molecule has 4 nitrogen and oxygen atoms in total. The Morgan fingerprint density at radius 2 is 1.74 bits per heavy atom. The monoisotopic (exact) mass is 485 g/mol. The van der Waals surface area contributed by atoms with Crippen LogP contribution in [0, 0.1) is 5.92 Å². The van der Waals surface area contributed by atoms with Crippen molar-refractivity contribution in [3.05, 3.63) is 100 Å². The summed E-state index contributed by atoms with van der Waals surface area (Å²) < 4.78 is 0. The van der Waals surface area contributed by atoms with Crippen LogP contribution in [0.25, 0.3) is 0 Å².